The number of likely N-dealkylation sites (tertiary alicyclic amines) is 1. The van der Waals surface area contributed by atoms with E-state index in [1.54, 1.807) is 0 Å². The molecule has 1 aromatic heterocycles. The zero-order valence-electron chi connectivity index (χ0n) is 11.3. The number of thiazole rings is 1. The van der Waals surface area contributed by atoms with Crippen molar-refractivity contribution in [1.29, 1.82) is 0 Å². The van der Waals surface area contributed by atoms with Crippen LogP contribution in [0.1, 0.15) is 26.0 Å². The van der Waals surface area contributed by atoms with Gasteiger partial charge in [0.25, 0.3) is 0 Å². The van der Waals surface area contributed by atoms with Gasteiger partial charge in [0.15, 0.2) is 10.8 Å². The van der Waals surface area contributed by atoms with Gasteiger partial charge >= 0.3 is 6.18 Å². The summed E-state index contributed by atoms with van der Waals surface area (Å²) in [5.41, 5.74) is -0.847. The predicted octanol–water partition coefficient (Wildman–Crippen LogP) is 4.07. The van der Waals surface area contributed by atoms with Crippen molar-refractivity contribution in [2.75, 3.05) is 25.0 Å². The van der Waals surface area contributed by atoms with Crippen molar-refractivity contribution in [2.24, 2.45) is 5.92 Å². The van der Waals surface area contributed by atoms with E-state index >= 15 is 0 Å². The average Bonchev–Trinajstić information content (AvgIpc) is 2.91. The van der Waals surface area contributed by atoms with E-state index in [9.17, 15) is 13.2 Å². The van der Waals surface area contributed by atoms with Crippen molar-refractivity contribution in [2.45, 2.75) is 32.5 Å². The summed E-state index contributed by atoms with van der Waals surface area (Å²) < 4.78 is 37.9. The summed E-state index contributed by atoms with van der Waals surface area (Å²) in [5.74, 6) is 0.467. The first-order valence-electron chi connectivity index (χ1n) is 6.49. The minimum Gasteiger partial charge on any atom is -0.361 e. The Bertz CT molecular complexity index is 461. The molecule has 0 spiro atoms. The zero-order valence-corrected chi connectivity index (χ0v) is 13.7. The first-order valence-corrected chi connectivity index (χ1v) is 8.09. The highest BCUT2D eigenvalue weighted by molar-refractivity contribution is 9.11. The van der Waals surface area contributed by atoms with E-state index in [-0.39, 0.29) is 3.79 Å². The Kier molecular flexibility index (Phi) is 4.96. The molecule has 0 amide bonds. The molecule has 1 fully saturated rings. The van der Waals surface area contributed by atoms with Crippen LogP contribution in [0.4, 0.5) is 18.3 Å². The summed E-state index contributed by atoms with van der Waals surface area (Å²) in [7, 11) is 0. The number of aromatic nitrogens is 1. The Morgan fingerprint density at radius 2 is 2.20 bits per heavy atom. The molecule has 1 atom stereocenters. The van der Waals surface area contributed by atoms with Crippen LogP contribution in [-0.4, -0.2) is 35.6 Å². The Balaban J connectivity index is 1.89. The van der Waals surface area contributed by atoms with Crippen LogP contribution < -0.4 is 5.32 Å². The topological polar surface area (TPSA) is 28.2 Å². The minimum absolute atomic E-state index is 0.0303. The fourth-order valence-corrected chi connectivity index (χ4v) is 3.78. The normalized spacial score (nSPS) is 20.9. The van der Waals surface area contributed by atoms with E-state index in [4.69, 9.17) is 0 Å². The number of hydrogen-bond donors (Lipinski definition) is 1. The van der Waals surface area contributed by atoms with Crippen LogP contribution in [0.3, 0.4) is 0 Å². The summed E-state index contributed by atoms with van der Waals surface area (Å²) >= 11 is 3.92. The summed E-state index contributed by atoms with van der Waals surface area (Å²) in [5, 5.41) is 3.36. The second-order valence-electron chi connectivity index (χ2n) is 5.26. The number of nitrogens with one attached hydrogen (secondary N) is 1. The van der Waals surface area contributed by atoms with Gasteiger partial charge in [-0.25, -0.2) is 4.98 Å². The van der Waals surface area contributed by atoms with Gasteiger partial charge in [-0.2, -0.15) is 13.2 Å². The van der Waals surface area contributed by atoms with Gasteiger partial charge in [0.05, 0.1) is 0 Å². The molecule has 1 aliphatic heterocycles. The Hall–Kier alpha value is -0.340. The fourth-order valence-electron chi connectivity index (χ4n) is 2.28. The summed E-state index contributed by atoms with van der Waals surface area (Å²) in [4.78, 5) is 6.00. The zero-order chi connectivity index (χ0) is 14.9. The predicted molar refractivity (Wildman–Crippen MR) is 78.1 cm³/mol. The second kappa shape index (κ2) is 6.19. The van der Waals surface area contributed by atoms with E-state index in [1.165, 1.54) is 0 Å². The molecule has 0 bridgehead atoms. The molecule has 0 radical (unpaired) electrons. The van der Waals surface area contributed by atoms with E-state index in [1.807, 2.05) is 0 Å². The lowest BCUT2D eigenvalue weighted by Gasteiger charge is -2.20. The van der Waals surface area contributed by atoms with Crippen LogP contribution >= 0.6 is 27.3 Å². The monoisotopic (exact) mass is 371 g/mol. The molecular weight excluding hydrogens is 355 g/mol. The van der Waals surface area contributed by atoms with Crippen LogP contribution in [-0.2, 0) is 6.18 Å². The maximum atomic E-state index is 12.6. The Morgan fingerprint density at radius 3 is 2.70 bits per heavy atom. The molecule has 0 aromatic carbocycles. The van der Waals surface area contributed by atoms with Gasteiger partial charge in [-0.15, -0.1) is 0 Å². The minimum atomic E-state index is -4.41. The molecule has 2 heterocycles. The molecule has 1 aromatic rings. The summed E-state index contributed by atoms with van der Waals surface area (Å²) in [6.07, 6.45) is -3.33. The highest BCUT2D eigenvalue weighted by atomic mass is 79.9. The molecule has 8 heteroatoms. The van der Waals surface area contributed by atoms with Gasteiger partial charge in [-0.3, -0.25) is 0 Å². The molecular formula is C12H17BrF3N3S. The molecule has 2 rings (SSSR count). The highest BCUT2D eigenvalue weighted by Crippen LogP contribution is 2.39. The molecule has 1 saturated heterocycles. The first kappa shape index (κ1) is 16.0. The van der Waals surface area contributed by atoms with Crippen LogP contribution in [0.25, 0.3) is 0 Å². The van der Waals surface area contributed by atoms with Crippen molar-refractivity contribution < 1.29 is 13.2 Å². The second-order valence-corrected chi connectivity index (χ2v) is 7.58. The number of halogens is 4. The molecule has 114 valence electrons. The van der Waals surface area contributed by atoms with Crippen molar-refractivity contribution in [3.63, 3.8) is 0 Å². The third-order valence-electron chi connectivity index (χ3n) is 3.44. The molecule has 20 heavy (non-hydrogen) atoms. The molecule has 1 aliphatic rings. The number of anilines is 1. The number of alkyl halides is 3. The van der Waals surface area contributed by atoms with Crippen LogP contribution in [0.2, 0.25) is 0 Å². The summed E-state index contributed by atoms with van der Waals surface area (Å²) in [6.45, 7) is 7.02. The largest absolute Gasteiger partial charge is 0.435 e. The van der Waals surface area contributed by atoms with Crippen LogP contribution in [0.5, 0.6) is 0 Å². The number of nitrogens with zero attached hydrogens (tertiary/aromatic N) is 2. The van der Waals surface area contributed by atoms with E-state index in [0.717, 1.165) is 30.8 Å². The maximum Gasteiger partial charge on any atom is 0.435 e. The van der Waals surface area contributed by atoms with Gasteiger partial charge in [-0.1, -0.05) is 11.3 Å². The molecule has 0 aliphatic carbocycles. The van der Waals surface area contributed by atoms with E-state index in [0.29, 0.717) is 23.6 Å². The Labute approximate surface area is 128 Å². The highest BCUT2D eigenvalue weighted by Gasteiger charge is 2.37. The number of hydrogen-bond acceptors (Lipinski definition) is 4. The lowest BCUT2D eigenvalue weighted by Crippen LogP contribution is -2.29. The lowest BCUT2D eigenvalue weighted by atomic mass is 10.1. The molecule has 0 saturated carbocycles. The van der Waals surface area contributed by atoms with Crippen molar-refractivity contribution in [3.05, 3.63) is 9.48 Å². The molecule has 1 unspecified atom stereocenters. The summed E-state index contributed by atoms with van der Waals surface area (Å²) in [6, 6.07) is 0.519. The third-order valence-corrected chi connectivity index (χ3v) is 5.11. The maximum absolute atomic E-state index is 12.6. The van der Waals surface area contributed by atoms with Crippen molar-refractivity contribution in [3.8, 4) is 0 Å². The van der Waals surface area contributed by atoms with Gasteiger partial charge in [0.1, 0.15) is 3.79 Å². The quantitative estimate of drug-likeness (QED) is 0.864. The van der Waals surface area contributed by atoms with Crippen LogP contribution in [0, 0.1) is 5.92 Å². The average molecular weight is 372 g/mol. The smallest absolute Gasteiger partial charge is 0.361 e. The van der Waals surface area contributed by atoms with E-state index < -0.39 is 11.9 Å². The molecule has 1 N–H and O–H groups in total. The van der Waals surface area contributed by atoms with Gasteiger partial charge < -0.3 is 10.2 Å². The van der Waals surface area contributed by atoms with Gasteiger partial charge in [0.2, 0.25) is 0 Å². The van der Waals surface area contributed by atoms with Crippen molar-refractivity contribution >= 4 is 32.4 Å². The van der Waals surface area contributed by atoms with E-state index in [2.05, 4.69) is 45.0 Å². The van der Waals surface area contributed by atoms with Crippen LogP contribution in [0.15, 0.2) is 3.79 Å². The molecule has 3 nitrogen and oxygen atoms in total. The number of rotatable bonds is 4. The SMILES string of the molecule is CC(C)N1CCC(CNc2nc(C(F)(F)F)c(Br)s2)C1. The third kappa shape index (κ3) is 3.85. The standard InChI is InChI=1S/C12H17BrF3N3S/c1-7(2)19-4-3-8(6-19)5-17-11-18-9(10(13)20-11)12(14,15)16/h7-8H,3-6H2,1-2H3,(H,17,18). The Morgan fingerprint density at radius 1 is 1.50 bits per heavy atom. The lowest BCUT2D eigenvalue weighted by molar-refractivity contribution is -0.141. The van der Waals surface area contributed by atoms with Gasteiger partial charge in [0, 0.05) is 19.1 Å². The first-order chi connectivity index (χ1) is 9.27. The van der Waals surface area contributed by atoms with Gasteiger partial charge in [-0.05, 0) is 48.7 Å². The van der Waals surface area contributed by atoms with Crippen molar-refractivity contribution in [1.82, 2.24) is 9.88 Å². The fraction of sp³-hybridized carbons (Fsp3) is 0.750.